The van der Waals surface area contributed by atoms with E-state index >= 15 is 0 Å². The third-order valence-corrected chi connectivity index (χ3v) is 3.27. The van der Waals surface area contributed by atoms with Crippen LogP contribution in [-0.4, -0.2) is 17.0 Å². The summed E-state index contributed by atoms with van der Waals surface area (Å²) in [6, 6.07) is 7.00. The molecule has 0 radical (unpaired) electrons. The second kappa shape index (κ2) is 6.92. The highest BCUT2D eigenvalue weighted by Crippen LogP contribution is 2.20. The lowest BCUT2D eigenvalue weighted by Crippen LogP contribution is -2.15. The summed E-state index contributed by atoms with van der Waals surface area (Å²) in [5, 5.41) is 11.8. The molecule has 0 heterocycles. The first kappa shape index (κ1) is 15.2. The summed E-state index contributed by atoms with van der Waals surface area (Å²) in [6.07, 6.45) is 1.44. The molecule has 4 nitrogen and oxygen atoms in total. The average molecular weight is 263 g/mol. The van der Waals surface area contributed by atoms with E-state index in [1.165, 1.54) is 0 Å². The molecule has 0 bridgehead atoms. The van der Waals surface area contributed by atoms with Gasteiger partial charge in [0.15, 0.2) is 0 Å². The van der Waals surface area contributed by atoms with Crippen molar-refractivity contribution in [3.05, 3.63) is 29.8 Å². The summed E-state index contributed by atoms with van der Waals surface area (Å²) in [5.41, 5.74) is 1.34. The van der Waals surface area contributed by atoms with Crippen LogP contribution in [0.25, 0.3) is 0 Å². The maximum Gasteiger partial charge on any atom is 0.310 e. The molecular formula is C15H21NO3. The van der Waals surface area contributed by atoms with E-state index in [1.54, 1.807) is 31.2 Å². The Morgan fingerprint density at radius 2 is 2.00 bits per heavy atom. The molecule has 0 saturated heterocycles. The molecule has 19 heavy (non-hydrogen) atoms. The minimum absolute atomic E-state index is 0.0329. The van der Waals surface area contributed by atoms with Gasteiger partial charge in [-0.05, 0) is 30.5 Å². The van der Waals surface area contributed by atoms with Gasteiger partial charge >= 0.3 is 5.97 Å². The number of carbonyl (C=O) groups is 2. The first-order chi connectivity index (χ1) is 8.93. The van der Waals surface area contributed by atoms with Crippen molar-refractivity contribution in [1.82, 2.24) is 0 Å². The van der Waals surface area contributed by atoms with Crippen LogP contribution >= 0.6 is 0 Å². The van der Waals surface area contributed by atoms with Gasteiger partial charge in [0, 0.05) is 12.1 Å². The van der Waals surface area contributed by atoms with Crippen molar-refractivity contribution in [3.8, 4) is 0 Å². The fourth-order valence-corrected chi connectivity index (χ4v) is 1.70. The zero-order chi connectivity index (χ0) is 14.4. The number of rotatable bonds is 6. The Hall–Kier alpha value is -1.84. The van der Waals surface area contributed by atoms with Gasteiger partial charge in [0.2, 0.25) is 5.91 Å². The minimum Gasteiger partial charge on any atom is -0.481 e. The number of carboxylic acid groups (broad SMARTS) is 1. The Labute approximate surface area is 113 Å². The molecule has 2 N–H and O–H groups in total. The number of carbonyl (C=O) groups excluding carboxylic acids is 1. The molecule has 1 aromatic carbocycles. The topological polar surface area (TPSA) is 66.4 Å². The van der Waals surface area contributed by atoms with Crippen molar-refractivity contribution in [2.45, 2.75) is 39.5 Å². The number of nitrogens with one attached hydrogen (secondary N) is 1. The molecule has 2 atom stereocenters. The number of amides is 1. The molecule has 0 saturated carbocycles. The lowest BCUT2D eigenvalue weighted by atomic mass is 10.0. The van der Waals surface area contributed by atoms with Gasteiger partial charge in [-0.1, -0.05) is 32.4 Å². The Morgan fingerprint density at radius 3 is 2.58 bits per heavy atom. The van der Waals surface area contributed by atoms with Crippen LogP contribution in [0.5, 0.6) is 0 Å². The van der Waals surface area contributed by atoms with Crippen LogP contribution in [0.2, 0.25) is 0 Å². The molecule has 1 aromatic rings. The molecule has 1 rings (SSSR count). The second-order valence-corrected chi connectivity index (χ2v) is 4.95. The predicted molar refractivity (Wildman–Crippen MR) is 75.2 cm³/mol. The van der Waals surface area contributed by atoms with E-state index in [2.05, 4.69) is 5.32 Å². The van der Waals surface area contributed by atoms with Crippen LogP contribution in [-0.2, 0) is 9.59 Å². The van der Waals surface area contributed by atoms with E-state index in [9.17, 15) is 9.59 Å². The molecular weight excluding hydrogens is 242 g/mol. The number of hydrogen-bond acceptors (Lipinski definition) is 2. The summed E-state index contributed by atoms with van der Waals surface area (Å²) in [6.45, 7) is 5.71. The van der Waals surface area contributed by atoms with Crippen molar-refractivity contribution in [2.75, 3.05) is 5.32 Å². The van der Waals surface area contributed by atoms with Crippen LogP contribution in [0.3, 0.4) is 0 Å². The highest BCUT2D eigenvalue weighted by Gasteiger charge is 2.14. The Morgan fingerprint density at radius 1 is 1.32 bits per heavy atom. The van der Waals surface area contributed by atoms with Crippen molar-refractivity contribution >= 4 is 17.6 Å². The van der Waals surface area contributed by atoms with Crippen molar-refractivity contribution in [3.63, 3.8) is 0 Å². The molecule has 0 aliphatic heterocycles. The van der Waals surface area contributed by atoms with Gasteiger partial charge in [-0.2, -0.15) is 0 Å². The standard InChI is InChI=1S/C15H21NO3/c1-4-10(2)8-14(17)16-13-7-5-6-12(9-13)11(3)15(18)19/h5-7,9-11H,4,8H2,1-3H3,(H,16,17)(H,18,19). The van der Waals surface area contributed by atoms with Gasteiger partial charge < -0.3 is 10.4 Å². The SMILES string of the molecule is CCC(C)CC(=O)Nc1cccc(C(C)C(=O)O)c1. The van der Waals surface area contributed by atoms with Gasteiger partial charge in [0.05, 0.1) is 5.92 Å². The molecule has 4 heteroatoms. The Balaban J connectivity index is 2.72. The first-order valence-electron chi connectivity index (χ1n) is 6.56. The molecule has 0 fully saturated rings. The normalized spacial score (nSPS) is 13.6. The smallest absolute Gasteiger partial charge is 0.310 e. The van der Waals surface area contributed by atoms with Crippen molar-refractivity contribution in [2.24, 2.45) is 5.92 Å². The molecule has 0 aliphatic rings. The monoisotopic (exact) mass is 263 g/mol. The molecule has 1 amide bonds. The summed E-state index contributed by atoms with van der Waals surface area (Å²) in [5.74, 6) is -1.13. The van der Waals surface area contributed by atoms with E-state index in [1.807, 2.05) is 13.8 Å². The fraction of sp³-hybridized carbons (Fsp3) is 0.467. The predicted octanol–water partition coefficient (Wildman–Crippen LogP) is 3.25. The van der Waals surface area contributed by atoms with Crippen molar-refractivity contribution < 1.29 is 14.7 Å². The number of hydrogen-bond donors (Lipinski definition) is 2. The van der Waals surface area contributed by atoms with Crippen LogP contribution in [0.1, 0.15) is 45.1 Å². The lowest BCUT2D eigenvalue weighted by molar-refractivity contribution is -0.138. The van der Waals surface area contributed by atoms with Crippen LogP contribution < -0.4 is 5.32 Å². The molecule has 0 aromatic heterocycles. The maximum absolute atomic E-state index is 11.8. The van der Waals surface area contributed by atoms with Gasteiger partial charge in [-0.3, -0.25) is 9.59 Å². The van der Waals surface area contributed by atoms with Gasteiger partial charge in [-0.25, -0.2) is 0 Å². The quantitative estimate of drug-likeness (QED) is 0.828. The lowest BCUT2D eigenvalue weighted by Gasteiger charge is -2.11. The zero-order valence-corrected chi connectivity index (χ0v) is 11.6. The van der Waals surface area contributed by atoms with Crippen LogP contribution in [0.4, 0.5) is 5.69 Å². The Bertz CT molecular complexity index is 456. The molecule has 0 aliphatic carbocycles. The number of benzene rings is 1. The maximum atomic E-state index is 11.8. The fourth-order valence-electron chi connectivity index (χ4n) is 1.70. The molecule has 104 valence electrons. The van der Waals surface area contributed by atoms with E-state index in [0.29, 0.717) is 23.6 Å². The first-order valence-corrected chi connectivity index (χ1v) is 6.56. The van der Waals surface area contributed by atoms with Gasteiger partial charge in [0.25, 0.3) is 0 Å². The van der Waals surface area contributed by atoms with E-state index in [4.69, 9.17) is 5.11 Å². The average Bonchev–Trinajstić information content (AvgIpc) is 2.37. The number of anilines is 1. The second-order valence-electron chi connectivity index (χ2n) is 4.95. The van der Waals surface area contributed by atoms with Crippen molar-refractivity contribution in [1.29, 1.82) is 0 Å². The van der Waals surface area contributed by atoms with E-state index in [-0.39, 0.29) is 5.91 Å². The summed E-state index contributed by atoms with van der Waals surface area (Å²) in [4.78, 5) is 22.7. The molecule has 0 spiro atoms. The largest absolute Gasteiger partial charge is 0.481 e. The summed E-state index contributed by atoms with van der Waals surface area (Å²) < 4.78 is 0. The van der Waals surface area contributed by atoms with E-state index in [0.717, 1.165) is 6.42 Å². The third kappa shape index (κ3) is 4.73. The summed E-state index contributed by atoms with van der Waals surface area (Å²) in [7, 11) is 0. The number of carboxylic acids is 1. The van der Waals surface area contributed by atoms with Crippen LogP contribution in [0.15, 0.2) is 24.3 Å². The highest BCUT2D eigenvalue weighted by atomic mass is 16.4. The number of aliphatic carboxylic acids is 1. The third-order valence-electron chi connectivity index (χ3n) is 3.27. The van der Waals surface area contributed by atoms with E-state index < -0.39 is 11.9 Å². The Kier molecular flexibility index (Phi) is 5.55. The zero-order valence-electron chi connectivity index (χ0n) is 11.6. The highest BCUT2D eigenvalue weighted by molar-refractivity contribution is 5.91. The minimum atomic E-state index is -0.872. The molecule has 2 unspecified atom stereocenters. The van der Waals surface area contributed by atoms with Gasteiger partial charge in [0.1, 0.15) is 0 Å². The van der Waals surface area contributed by atoms with Crippen LogP contribution in [0, 0.1) is 5.92 Å². The summed E-state index contributed by atoms with van der Waals surface area (Å²) >= 11 is 0. The van der Waals surface area contributed by atoms with Gasteiger partial charge in [-0.15, -0.1) is 0 Å².